The second-order valence-corrected chi connectivity index (χ2v) is 11.2. The predicted octanol–water partition coefficient (Wildman–Crippen LogP) is 4.70. The third-order valence-corrected chi connectivity index (χ3v) is 8.16. The van der Waals surface area contributed by atoms with Crippen LogP contribution in [0.2, 0.25) is 0 Å². The van der Waals surface area contributed by atoms with Crippen molar-refractivity contribution < 1.29 is 35.9 Å². The van der Waals surface area contributed by atoms with Gasteiger partial charge >= 0.3 is 12.4 Å². The predicted molar refractivity (Wildman–Crippen MR) is 150 cm³/mol. The number of likely N-dealkylation sites (tertiary alicyclic amines) is 1. The van der Waals surface area contributed by atoms with Crippen LogP contribution in [0.3, 0.4) is 0 Å². The van der Waals surface area contributed by atoms with Crippen molar-refractivity contribution in [2.75, 3.05) is 26.3 Å². The first-order valence-corrected chi connectivity index (χ1v) is 14.1. The van der Waals surface area contributed by atoms with Crippen molar-refractivity contribution in [2.24, 2.45) is 11.7 Å². The van der Waals surface area contributed by atoms with Gasteiger partial charge in [-0.25, -0.2) is 0 Å². The molecule has 14 heteroatoms. The molecule has 5 rings (SSSR count). The summed E-state index contributed by atoms with van der Waals surface area (Å²) in [4.78, 5) is 13.9. The van der Waals surface area contributed by atoms with E-state index in [9.17, 15) is 36.3 Å². The van der Waals surface area contributed by atoms with E-state index in [-0.39, 0.29) is 43.0 Å². The molecule has 0 saturated carbocycles. The number of alkyl halides is 6. The Hall–Kier alpha value is -3.75. The molecule has 1 saturated heterocycles. The Labute approximate surface area is 250 Å². The molecular formula is C30H32F6N5O3-. The number of hydrogen-bond acceptors (Lipinski definition) is 7. The number of carbonyl (C=O) groups excluding carboxylic acids is 1. The molecule has 3 atom stereocenters. The summed E-state index contributed by atoms with van der Waals surface area (Å²) in [5.41, 5.74) is 4.09. The third kappa shape index (κ3) is 6.81. The molecule has 0 aliphatic carbocycles. The highest BCUT2D eigenvalue weighted by Gasteiger charge is 2.39. The molecular weight excluding hydrogens is 592 g/mol. The van der Waals surface area contributed by atoms with Gasteiger partial charge in [0.25, 0.3) is 0 Å². The van der Waals surface area contributed by atoms with Gasteiger partial charge in [0.1, 0.15) is 0 Å². The molecule has 2 aromatic carbocycles. The van der Waals surface area contributed by atoms with Gasteiger partial charge in [-0.1, -0.05) is 24.3 Å². The molecule has 3 aliphatic heterocycles. The monoisotopic (exact) mass is 624 g/mol. The van der Waals surface area contributed by atoms with E-state index in [4.69, 9.17) is 10.5 Å². The molecule has 0 aromatic heterocycles. The average Bonchev–Trinajstić information content (AvgIpc) is 2.97. The molecule has 44 heavy (non-hydrogen) atoms. The molecule has 0 radical (unpaired) electrons. The van der Waals surface area contributed by atoms with Gasteiger partial charge in [0, 0.05) is 36.9 Å². The average molecular weight is 625 g/mol. The number of piperidine rings is 1. The van der Waals surface area contributed by atoms with Crippen LogP contribution in [0.5, 0.6) is 0 Å². The first-order valence-electron chi connectivity index (χ1n) is 14.1. The van der Waals surface area contributed by atoms with E-state index in [1.165, 1.54) is 0 Å². The Morgan fingerprint density at radius 1 is 1.09 bits per heavy atom. The van der Waals surface area contributed by atoms with E-state index in [1.54, 1.807) is 37.3 Å². The number of hydrogen-bond donors (Lipinski definition) is 3. The zero-order chi connectivity index (χ0) is 31.8. The Kier molecular flexibility index (Phi) is 8.87. The van der Waals surface area contributed by atoms with Gasteiger partial charge in [-0.2, -0.15) is 26.3 Å². The number of rotatable bonds is 5. The van der Waals surface area contributed by atoms with Crippen LogP contribution in [-0.2, 0) is 28.3 Å². The van der Waals surface area contributed by atoms with Crippen LogP contribution in [0, 0.1) is 18.0 Å². The summed E-state index contributed by atoms with van der Waals surface area (Å²) >= 11 is 0. The number of ether oxygens (including phenoxy) is 1. The lowest BCUT2D eigenvalue weighted by Crippen LogP contribution is -2.51. The fourth-order valence-corrected chi connectivity index (χ4v) is 5.88. The van der Waals surface area contributed by atoms with E-state index in [1.807, 2.05) is 4.90 Å². The normalized spacial score (nSPS) is 24.8. The van der Waals surface area contributed by atoms with Gasteiger partial charge in [-0.3, -0.25) is 15.0 Å². The van der Waals surface area contributed by atoms with E-state index < -0.39 is 54.0 Å². The summed E-state index contributed by atoms with van der Waals surface area (Å²) in [5, 5.41) is 21.2. The number of primary amides is 1. The van der Waals surface area contributed by atoms with Crippen molar-refractivity contribution in [2.45, 2.75) is 50.8 Å². The Balaban J connectivity index is 1.63. The molecule has 3 unspecified atom stereocenters. The molecule has 1 amide bonds. The maximum atomic E-state index is 14.4. The van der Waals surface area contributed by atoms with Crippen LogP contribution >= 0.6 is 0 Å². The highest BCUT2D eigenvalue weighted by Crippen LogP contribution is 2.39. The molecule has 0 spiro atoms. The first-order chi connectivity index (χ1) is 20.7. The molecule has 3 heterocycles. The molecule has 0 bridgehead atoms. The van der Waals surface area contributed by atoms with Crippen LogP contribution in [0.15, 0.2) is 60.0 Å². The van der Waals surface area contributed by atoms with E-state index in [0.717, 1.165) is 5.56 Å². The lowest BCUT2D eigenvalue weighted by Gasteiger charge is -2.47. The number of hydroxylamine groups is 2. The van der Waals surface area contributed by atoms with E-state index in [0.29, 0.717) is 47.7 Å². The minimum absolute atomic E-state index is 0.0648. The standard InChI is InChI=1S/C30H32F6N5O3/c1-17-5-2-3-7-22(17)25-13-26(40-8-4-6-19(15-40)27(37)42)44-28-23(14-38-16-39-28)24(41(25)43)11-18-9-20(29(31,32)33)12-21(10-18)30(34,35)36/h2-3,5,7,9-10,12-13,19,24,26,38-39H,4,6,8,11,14-16H2,1H3,(H2,37,42)/q-1/b25-13-. The third-order valence-electron chi connectivity index (χ3n) is 8.16. The molecule has 3 aliphatic rings. The number of benzene rings is 2. The minimum atomic E-state index is -5.04. The van der Waals surface area contributed by atoms with Crippen LogP contribution in [-0.4, -0.2) is 54.4 Å². The van der Waals surface area contributed by atoms with Gasteiger partial charge in [0.2, 0.25) is 5.91 Å². The Morgan fingerprint density at radius 3 is 2.41 bits per heavy atom. The largest absolute Gasteiger partial charge is 0.758 e. The van der Waals surface area contributed by atoms with Crippen molar-refractivity contribution in [3.63, 3.8) is 0 Å². The van der Waals surface area contributed by atoms with Crippen molar-refractivity contribution in [3.05, 3.63) is 93.0 Å². The van der Waals surface area contributed by atoms with Crippen molar-refractivity contribution in [1.29, 1.82) is 0 Å². The summed E-state index contributed by atoms with van der Waals surface area (Å²) in [6.45, 7) is 2.95. The zero-order valence-corrected chi connectivity index (χ0v) is 23.8. The highest BCUT2D eigenvalue weighted by atomic mass is 19.4. The van der Waals surface area contributed by atoms with Gasteiger partial charge in [0.05, 0.1) is 23.7 Å². The van der Waals surface area contributed by atoms with Crippen LogP contribution in [0.25, 0.3) is 5.70 Å². The second kappa shape index (κ2) is 12.3. The number of nitrogens with two attached hydrogens (primary N) is 1. The fraction of sp³-hybridized carbons (Fsp3) is 0.433. The molecule has 1 fully saturated rings. The molecule has 4 N–H and O–H groups in total. The van der Waals surface area contributed by atoms with Crippen LogP contribution in [0.4, 0.5) is 26.3 Å². The lowest BCUT2D eigenvalue weighted by molar-refractivity contribution is -0.143. The van der Waals surface area contributed by atoms with Crippen molar-refractivity contribution in [3.8, 4) is 0 Å². The van der Waals surface area contributed by atoms with E-state index in [2.05, 4.69) is 10.6 Å². The molecule has 2 aromatic rings. The summed E-state index contributed by atoms with van der Waals surface area (Å²) in [6.07, 6.45) is -8.52. The minimum Gasteiger partial charge on any atom is -0.758 e. The smallest absolute Gasteiger partial charge is 0.416 e. The lowest BCUT2D eigenvalue weighted by atomic mass is 9.92. The quantitative estimate of drug-likeness (QED) is 0.415. The number of nitrogens with zero attached hydrogens (tertiary/aromatic N) is 2. The van der Waals surface area contributed by atoms with Gasteiger partial charge in [-0.05, 0) is 67.2 Å². The van der Waals surface area contributed by atoms with Gasteiger partial charge < -0.3 is 26.1 Å². The zero-order valence-electron chi connectivity index (χ0n) is 23.8. The topological polar surface area (TPSA) is 106 Å². The van der Waals surface area contributed by atoms with Crippen LogP contribution < -0.4 is 16.4 Å². The summed E-state index contributed by atoms with van der Waals surface area (Å²) < 4.78 is 88.5. The molecule has 238 valence electrons. The van der Waals surface area contributed by atoms with Crippen LogP contribution in [0.1, 0.15) is 40.7 Å². The number of carbonyl (C=O) groups is 1. The first kappa shape index (κ1) is 31.7. The number of aryl methyl sites for hydroxylation is 1. The fourth-order valence-electron chi connectivity index (χ4n) is 5.88. The van der Waals surface area contributed by atoms with Crippen molar-refractivity contribution in [1.82, 2.24) is 20.6 Å². The number of amides is 1. The van der Waals surface area contributed by atoms with E-state index >= 15 is 0 Å². The summed E-state index contributed by atoms with van der Waals surface area (Å²) in [7, 11) is 0. The molecule has 8 nitrogen and oxygen atoms in total. The number of halogens is 6. The Bertz CT molecular complexity index is 1430. The SMILES string of the molecule is Cc1ccccc1/C1=C/C(N2CCCC(C(N)=O)C2)OC2=C(CNCN2)C(Cc2cc(C(F)(F)F)cc(C(F)(F)F)c2)N1[O-]. The van der Waals surface area contributed by atoms with Crippen molar-refractivity contribution >= 4 is 11.6 Å². The second-order valence-electron chi connectivity index (χ2n) is 11.2. The highest BCUT2D eigenvalue weighted by molar-refractivity contribution is 5.77. The number of nitrogens with one attached hydrogen (secondary N) is 2. The van der Waals surface area contributed by atoms with Gasteiger partial charge in [-0.15, -0.1) is 0 Å². The maximum Gasteiger partial charge on any atom is 0.416 e. The summed E-state index contributed by atoms with van der Waals surface area (Å²) in [5.74, 6) is -0.681. The Morgan fingerprint density at radius 2 is 1.77 bits per heavy atom. The maximum absolute atomic E-state index is 14.4. The van der Waals surface area contributed by atoms with Gasteiger partial charge in [0.15, 0.2) is 12.1 Å². The summed E-state index contributed by atoms with van der Waals surface area (Å²) in [6, 6.07) is 7.12.